The number of hydrogen-bond acceptors (Lipinski definition) is 4. The first-order chi connectivity index (χ1) is 9.02. The molecular formula is C12H18N2O5. The Kier molecular flexibility index (Phi) is 3.92. The molecule has 2 saturated heterocycles. The van der Waals surface area contributed by atoms with Crippen LogP contribution in [-0.2, 0) is 14.3 Å². The van der Waals surface area contributed by atoms with Crippen LogP contribution in [0.5, 0.6) is 0 Å². The first-order valence-electron chi connectivity index (χ1n) is 6.38. The van der Waals surface area contributed by atoms with Gasteiger partial charge in [-0.3, -0.25) is 4.79 Å². The number of nitrogens with zero attached hydrogens (tertiary/aromatic N) is 2. The Morgan fingerprint density at radius 3 is 2.58 bits per heavy atom. The molecule has 1 unspecified atom stereocenters. The Morgan fingerprint density at radius 1 is 1.32 bits per heavy atom. The summed E-state index contributed by atoms with van der Waals surface area (Å²) in [5, 5.41) is 8.66. The predicted octanol–water partition coefficient (Wildman–Crippen LogP) is 0.150. The van der Waals surface area contributed by atoms with Gasteiger partial charge in [-0.1, -0.05) is 0 Å². The van der Waals surface area contributed by atoms with E-state index in [2.05, 4.69) is 0 Å². The summed E-state index contributed by atoms with van der Waals surface area (Å²) in [6.45, 7) is 1.46. The average molecular weight is 270 g/mol. The van der Waals surface area contributed by atoms with Gasteiger partial charge in [-0.2, -0.15) is 0 Å². The van der Waals surface area contributed by atoms with E-state index in [1.54, 1.807) is 4.90 Å². The lowest BCUT2D eigenvalue weighted by atomic mass is 9.97. The number of carboxylic acid groups (broad SMARTS) is 1. The number of ether oxygens (including phenoxy) is 1. The molecule has 1 N–H and O–H groups in total. The number of carboxylic acids is 1. The van der Waals surface area contributed by atoms with Crippen LogP contribution in [0.1, 0.15) is 19.3 Å². The van der Waals surface area contributed by atoms with Gasteiger partial charge in [0, 0.05) is 25.6 Å². The SMILES string of the molecule is COC(=O)C1CCCN1C(=O)N1CC(CC(=O)O)C1. The topological polar surface area (TPSA) is 87.2 Å². The third kappa shape index (κ3) is 2.80. The van der Waals surface area contributed by atoms with Crippen molar-refractivity contribution >= 4 is 18.0 Å². The lowest BCUT2D eigenvalue weighted by Gasteiger charge is -2.41. The molecule has 2 heterocycles. The van der Waals surface area contributed by atoms with Crippen LogP contribution in [-0.4, -0.2) is 65.7 Å². The van der Waals surface area contributed by atoms with Gasteiger partial charge in [0.15, 0.2) is 0 Å². The van der Waals surface area contributed by atoms with Crippen molar-refractivity contribution in [1.29, 1.82) is 0 Å². The molecule has 0 bridgehead atoms. The van der Waals surface area contributed by atoms with Crippen molar-refractivity contribution in [3.63, 3.8) is 0 Å². The van der Waals surface area contributed by atoms with Gasteiger partial charge in [0.05, 0.1) is 13.5 Å². The Labute approximate surface area is 111 Å². The maximum absolute atomic E-state index is 12.2. The van der Waals surface area contributed by atoms with E-state index in [-0.39, 0.29) is 24.3 Å². The number of hydrogen-bond donors (Lipinski definition) is 1. The van der Waals surface area contributed by atoms with Crippen molar-refractivity contribution in [1.82, 2.24) is 9.80 Å². The summed E-state index contributed by atoms with van der Waals surface area (Å²) in [7, 11) is 1.32. The van der Waals surface area contributed by atoms with Crippen molar-refractivity contribution in [3.8, 4) is 0 Å². The van der Waals surface area contributed by atoms with Crippen molar-refractivity contribution in [3.05, 3.63) is 0 Å². The average Bonchev–Trinajstić information content (AvgIpc) is 2.80. The lowest BCUT2D eigenvalue weighted by Crippen LogP contribution is -2.57. The minimum absolute atomic E-state index is 0.0284. The Balaban J connectivity index is 1.87. The summed E-state index contributed by atoms with van der Waals surface area (Å²) in [5.41, 5.74) is 0. The second kappa shape index (κ2) is 5.46. The molecule has 0 radical (unpaired) electrons. The second-order valence-electron chi connectivity index (χ2n) is 5.03. The van der Waals surface area contributed by atoms with Crippen molar-refractivity contribution in [2.45, 2.75) is 25.3 Å². The molecule has 0 aromatic heterocycles. The van der Waals surface area contributed by atoms with Crippen LogP contribution < -0.4 is 0 Å². The fourth-order valence-electron chi connectivity index (χ4n) is 2.66. The van der Waals surface area contributed by atoms with E-state index in [0.29, 0.717) is 26.1 Å². The van der Waals surface area contributed by atoms with Gasteiger partial charge >= 0.3 is 18.0 Å². The van der Waals surface area contributed by atoms with Crippen LogP contribution in [0.25, 0.3) is 0 Å². The van der Waals surface area contributed by atoms with E-state index in [1.165, 1.54) is 12.0 Å². The standard InChI is InChI=1S/C12H18N2O5/c1-19-11(17)9-3-2-4-14(9)12(18)13-6-8(7-13)5-10(15)16/h8-9H,2-7H2,1H3,(H,15,16). The van der Waals surface area contributed by atoms with E-state index < -0.39 is 12.0 Å². The van der Waals surface area contributed by atoms with E-state index >= 15 is 0 Å². The highest BCUT2D eigenvalue weighted by Gasteiger charge is 2.40. The monoisotopic (exact) mass is 270 g/mol. The molecule has 0 saturated carbocycles. The van der Waals surface area contributed by atoms with Crippen LogP contribution >= 0.6 is 0 Å². The molecular weight excluding hydrogens is 252 g/mol. The zero-order chi connectivity index (χ0) is 14.0. The fourth-order valence-corrected chi connectivity index (χ4v) is 2.66. The van der Waals surface area contributed by atoms with Crippen LogP contribution in [0.4, 0.5) is 4.79 Å². The smallest absolute Gasteiger partial charge is 0.328 e. The van der Waals surface area contributed by atoms with E-state index in [0.717, 1.165) is 6.42 Å². The number of aliphatic carboxylic acids is 1. The first kappa shape index (κ1) is 13.6. The molecule has 2 fully saturated rings. The molecule has 2 aliphatic rings. The van der Waals surface area contributed by atoms with Gasteiger partial charge in [-0.15, -0.1) is 0 Å². The molecule has 19 heavy (non-hydrogen) atoms. The van der Waals surface area contributed by atoms with Crippen molar-refractivity contribution in [2.24, 2.45) is 5.92 Å². The van der Waals surface area contributed by atoms with Crippen molar-refractivity contribution in [2.75, 3.05) is 26.7 Å². The highest BCUT2D eigenvalue weighted by Crippen LogP contribution is 2.25. The van der Waals surface area contributed by atoms with Crippen molar-refractivity contribution < 1.29 is 24.2 Å². The summed E-state index contributed by atoms with van der Waals surface area (Å²) >= 11 is 0. The number of amides is 2. The zero-order valence-electron chi connectivity index (χ0n) is 10.9. The zero-order valence-corrected chi connectivity index (χ0v) is 10.9. The first-order valence-corrected chi connectivity index (χ1v) is 6.38. The molecule has 1 atom stereocenters. The third-order valence-electron chi connectivity index (χ3n) is 3.66. The molecule has 0 spiro atoms. The maximum Gasteiger partial charge on any atom is 0.328 e. The minimum atomic E-state index is -0.842. The molecule has 7 nitrogen and oxygen atoms in total. The van der Waals surface area contributed by atoms with E-state index in [1.807, 2.05) is 0 Å². The summed E-state index contributed by atoms with van der Waals surface area (Å²) in [6, 6.07) is -0.675. The predicted molar refractivity (Wildman–Crippen MR) is 64.5 cm³/mol. The maximum atomic E-state index is 12.2. The molecule has 2 amide bonds. The van der Waals surface area contributed by atoms with Gasteiger partial charge in [0.1, 0.15) is 6.04 Å². The number of methoxy groups -OCH3 is 1. The number of rotatable bonds is 3. The molecule has 106 valence electrons. The largest absolute Gasteiger partial charge is 0.481 e. The molecule has 0 aromatic carbocycles. The van der Waals surface area contributed by atoms with Gasteiger partial charge < -0.3 is 19.6 Å². The Morgan fingerprint density at radius 2 is 2.00 bits per heavy atom. The Bertz CT molecular complexity index is 392. The minimum Gasteiger partial charge on any atom is -0.481 e. The normalized spacial score (nSPS) is 23.1. The number of urea groups is 1. The third-order valence-corrected chi connectivity index (χ3v) is 3.66. The quantitative estimate of drug-likeness (QED) is 0.738. The molecule has 0 aliphatic carbocycles. The highest BCUT2D eigenvalue weighted by atomic mass is 16.5. The van der Waals surface area contributed by atoms with Crippen LogP contribution in [0.2, 0.25) is 0 Å². The summed E-state index contributed by atoms with van der Waals surface area (Å²) in [6.07, 6.45) is 1.51. The summed E-state index contributed by atoms with van der Waals surface area (Å²) in [4.78, 5) is 37.4. The lowest BCUT2D eigenvalue weighted by molar-refractivity contribution is -0.145. The molecule has 0 aromatic rings. The number of carbonyl (C=O) groups is 3. The number of carbonyl (C=O) groups excluding carboxylic acids is 2. The second-order valence-corrected chi connectivity index (χ2v) is 5.03. The Hall–Kier alpha value is -1.79. The van der Waals surface area contributed by atoms with Gasteiger partial charge in [-0.25, -0.2) is 9.59 Å². The van der Waals surface area contributed by atoms with Crippen LogP contribution in [0, 0.1) is 5.92 Å². The van der Waals surface area contributed by atoms with Crippen LogP contribution in [0.3, 0.4) is 0 Å². The van der Waals surface area contributed by atoms with Gasteiger partial charge in [0.25, 0.3) is 0 Å². The van der Waals surface area contributed by atoms with Gasteiger partial charge in [0.2, 0.25) is 0 Å². The summed E-state index contributed by atoms with van der Waals surface area (Å²) < 4.78 is 4.69. The van der Waals surface area contributed by atoms with Crippen LogP contribution in [0.15, 0.2) is 0 Å². The summed E-state index contributed by atoms with van der Waals surface area (Å²) in [5.74, 6) is -1.19. The number of esters is 1. The molecule has 2 aliphatic heterocycles. The number of likely N-dealkylation sites (tertiary alicyclic amines) is 2. The molecule has 2 rings (SSSR count). The van der Waals surface area contributed by atoms with E-state index in [9.17, 15) is 14.4 Å². The van der Waals surface area contributed by atoms with E-state index in [4.69, 9.17) is 9.84 Å². The van der Waals surface area contributed by atoms with Gasteiger partial charge in [-0.05, 0) is 12.8 Å². The highest BCUT2D eigenvalue weighted by molar-refractivity contribution is 5.84. The molecule has 7 heteroatoms. The fraction of sp³-hybridized carbons (Fsp3) is 0.750.